The van der Waals surface area contributed by atoms with Gasteiger partial charge in [-0.2, -0.15) is 0 Å². The molecule has 4 aromatic rings. The number of hydrogen-bond donors (Lipinski definition) is 4. The third-order valence-corrected chi connectivity index (χ3v) is 11.6. The number of nitrogens with zero attached hydrogens (tertiary/aromatic N) is 3. The molecule has 6 rings (SSSR count). The lowest BCUT2D eigenvalue weighted by Crippen LogP contribution is -2.57. The average molecular weight is 902 g/mol. The number of nitrogens with one attached hydrogen (secondary N) is 4. The van der Waals surface area contributed by atoms with Crippen molar-refractivity contribution in [2.45, 2.75) is 110 Å². The van der Waals surface area contributed by atoms with E-state index in [0.29, 0.717) is 68.8 Å². The highest BCUT2D eigenvalue weighted by Crippen LogP contribution is 2.29. The Morgan fingerprint density at radius 1 is 0.621 bits per heavy atom. The summed E-state index contributed by atoms with van der Waals surface area (Å²) < 4.78 is 10.2. The number of hydrogen-bond acceptors (Lipinski definition) is 9. The molecule has 4 atom stereocenters. The van der Waals surface area contributed by atoms with Crippen molar-refractivity contribution in [3.05, 3.63) is 126 Å². The lowest BCUT2D eigenvalue weighted by Gasteiger charge is -2.35. The van der Waals surface area contributed by atoms with Gasteiger partial charge in [-0.1, -0.05) is 93.6 Å². The number of carbonyl (C=O) groups excluding carboxylic acids is 6. The van der Waals surface area contributed by atoms with Crippen molar-refractivity contribution in [2.75, 3.05) is 35.7 Å². The van der Waals surface area contributed by atoms with Crippen LogP contribution in [-0.4, -0.2) is 89.5 Å². The van der Waals surface area contributed by atoms with Crippen LogP contribution < -0.4 is 26.2 Å². The number of para-hydroxylation sites is 1. The minimum Gasteiger partial charge on any atom is -0.453 e. The summed E-state index contributed by atoms with van der Waals surface area (Å²) in [6, 6.07) is 30.9. The Morgan fingerprint density at radius 3 is 1.55 bits per heavy atom. The number of methoxy groups -OCH3 is 1. The smallest absolute Gasteiger partial charge is 0.408 e. The van der Waals surface area contributed by atoms with Gasteiger partial charge in [0.15, 0.2) is 0 Å². The first kappa shape index (κ1) is 48.6. The van der Waals surface area contributed by atoms with Crippen molar-refractivity contribution in [3.8, 4) is 0 Å². The Balaban J connectivity index is 1.08. The summed E-state index contributed by atoms with van der Waals surface area (Å²) in [5, 5.41) is 11.4. The fourth-order valence-corrected chi connectivity index (χ4v) is 8.28. The maximum absolute atomic E-state index is 14.1. The second kappa shape index (κ2) is 21.4. The summed E-state index contributed by atoms with van der Waals surface area (Å²) in [6.07, 6.45) is 0.876. The zero-order valence-electron chi connectivity index (χ0n) is 39.0. The Kier molecular flexibility index (Phi) is 15.7. The molecule has 4 aromatic carbocycles. The highest BCUT2D eigenvalue weighted by atomic mass is 16.6. The SMILES string of the molecule is COC(=O)N[C@H](C(=O)N1CCCC1C(=O)Nc1ccc(CN(Cc2ccc(NC(=O)[C@@H]3CCCN3C(=O)[C@H](NC(=O)OC(C)(C)C)c3ccccc3)cc2)c2ccccc2)cc1)C(C)(C)C. The zero-order valence-corrected chi connectivity index (χ0v) is 39.0. The van der Waals surface area contributed by atoms with Gasteiger partial charge >= 0.3 is 12.2 Å². The van der Waals surface area contributed by atoms with Gasteiger partial charge in [-0.3, -0.25) is 19.2 Å². The zero-order chi connectivity index (χ0) is 47.6. The second-order valence-corrected chi connectivity index (χ2v) is 18.9. The van der Waals surface area contributed by atoms with Crippen LogP contribution in [0.5, 0.6) is 0 Å². The maximum atomic E-state index is 14.1. The highest BCUT2D eigenvalue weighted by molar-refractivity contribution is 6.00. The molecule has 350 valence electrons. The van der Waals surface area contributed by atoms with Gasteiger partial charge in [0.2, 0.25) is 17.7 Å². The summed E-state index contributed by atoms with van der Waals surface area (Å²) in [6.45, 7) is 12.7. The molecule has 2 heterocycles. The first-order chi connectivity index (χ1) is 31.4. The molecule has 0 aliphatic carbocycles. The number of carbonyl (C=O) groups is 6. The van der Waals surface area contributed by atoms with E-state index in [2.05, 4.69) is 26.2 Å². The molecule has 15 nitrogen and oxygen atoms in total. The molecule has 15 heteroatoms. The van der Waals surface area contributed by atoms with Crippen LogP contribution in [-0.2, 0) is 41.7 Å². The van der Waals surface area contributed by atoms with Gasteiger partial charge in [0.05, 0.1) is 7.11 Å². The van der Waals surface area contributed by atoms with E-state index in [1.165, 1.54) is 7.11 Å². The summed E-state index contributed by atoms with van der Waals surface area (Å²) >= 11 is 0. The van der Waals surface area contributed by atoms with E-state index >= 15 is 0 Å². The Bertz CT molecular complexity index is 2310. The number of anilines is 3. The molecule has 0 bridgehead atoms. The molecule has 4 N–H and O–H groups in total. The van der Waals surface area contributed by atoms with E-state index in [1.54, 1.807) is 54.8 Å². The molecular weight excluding hydrogens is 839 g/mol. The number of likely N-dealkylation sites (tertiary alicyclic amines) is 2. The molecule has 0 radical (unpaired) electrons. The van der Waals surface area contributed by atoms with Crippen LogP contribution in [0.2, 0.25) is 0 Å². The van der Waals surface area contributed by atoms with Crippen LogP contribution in [0.3, 0.4) is 0 Å². The molecule has 2 fully saturated rings. The Morgan fingerprint density at radius 2 is 1.09 bits per heavy atom. The molecule has 2 aliphatic heterocycles. The number of rotatable bonds is 14. The minimum absolute atomic E-state index is 0.289. The van der Waals surface area contributed by atoms with Crippen molar-refractivity contribution in [2.24, 2.45) is 5.41 Å². The van der Waals surface area contributed by atoms with Crippen molar-refractivity contribution >= 4 is 52.9 Å². The largest absolute Gasteiger partial charge is 0.453 e. The van der Waals surface area contributed by atoms with Gasteiger partial charge in [-0.15, -0.1) is 0 Å². The van der Waals surface area contributed by atoms with Gasteiger partial charge < -0.3 is 45.4 Å². The topological polar surface area (TPSA) is 179 Å². The lowest BCUT2D eigenvalue weighted by molar-refractivity contribution is -0.140. The Labute approximate surface area is 387 Å². The van der Waals surface area contributed by atoms with E-state index < -0.39 is 47.4 Å². The van der Waals surface area contributed by atoms with Crippen LogP contribution in [0, 0.1) is 5.41 Å². The lowest BCUT2D eigenvalue weighted by atomic mass is 9.85. The van der Waals surface area contributed by atoms with Crippen molar-refractivity contribution in [1.29, 1.82) is 0 Å². The molecule has 0 aromatic heterocycles. The van der Waals surface area contributed by atoms with E-state index in [9.17, 15) is 28.8 Å². The van der Waals surface area contributed by atoms with Crippen LogP contribution >= 0.6 is 0 Å². The quantitative estimate of drug-likeness (QED) is 0.0984. The van der Waals surface area contributed by atoms with Crippen LogP contribution in [0.15, 0.2) is 109 Å². The number of ether oxygens (including phenoxy) is 2. The molecule has 0 spiro atoms. The molecule has 2 aliphatic rings. The molecular formula is C51H63N7O8. The van der Waals surface area contributed by atoms with Gasteiger partial charge in [0.25, 0.3) is 5.91 Å². The van der Waals surface area contributed by atoms with Gasteiger partial charge in [-0.05, 0) is 105 Å². The normalized spacial score (nSPS) is 17.0. The monoisotopic (exact) mass is 901 g/mol. The number of alkyl carbamates (subject to hydrolysis) is 2. The predicted octanol–water partition coefficient (Wildman–Crippen LogP) is 7.79. The molecule has 2 saturated heterocycles. The summed E-state index contributed by atoms with van der Waals surface area (Å²) in [7, 11) is 1.25. The average Bonchev–Trinajstić information content (AvgIpc) is 3.99. The highest BCUT2D eigenvalue weighted by Gasteiger charge is 2.42. The van der Waals surface area contributed by atoms with Crippen molar-refractivity contribution in [1.82, 2.24) is 20.4 Å². The van der Waals surface area contributed by atoms with Gasteiger partial charge in [0.1, 0.15) is 29.8 Å². The number of amides is 6. The first-order valence-corrected chi connectivity index (χ1v) is 22.5. The third kappa shape index (κ3) is 12.9. The molecule has 0 saturated carbocycles. The third-order valence-electron chi connectivity index (χ3n) is 11.6. The number of benzene rings is 4. The summed E-state index contributed by atoms with van der Waals surface area (Å²) in [4.78, 5) is 85.3. The van der Waals surface area contributed by atoms with Crippen LogP contribution in [0.4, 0.5) is 26.7 Å². The van der Waals surface area contributed by atoms with E-state index in [1.807, 2.05) is 106 Å². The van der Waals surface area contributed by atoms with Crippen LogP contribution in [0.25, 0.3) is 0 Å². The van der Waals surface area contributed by atoms with Crippen LogP contribution in [0.1, 0.15) is 90.0 Å². The van der Waals surface area contributed by atoms with Crippen molar-refractivity contribution in [3.63, 3.8) is 0 Å². The first-order valence-electron chi connectivity index (χ1n) is 22.5. The fraction of sp³-hybridized carbons (Fsp3) is 0.412. The minimum atomic E-state index is -1.03. The molecule has 6 amide bonds. The van der Waals surface area contributed by atoms with Gasteiger partial charge in [-0.25, -0.2) is 9.59 Å². The summed E-state index contributed by atoms with van der Waals surface area (Å²) in [5.41, 5.74) is 3.43. The van der Waals surface area contributed by atoms with E-state index in [4.69, 9.17) is 9.47 Å². The second-order valence-electron chi connectivity index (χ2n) is 18.9. The van der Waals surface area contributed by atoms with Crippen molar-refractivity contribution < 1.29 is 38.2 Å². The Hall–Kier alpha value is -6.90. The standard InChI is InChI=1S/C51H63N7O8/c1-50(2,3)43(55-48(63)65-7)47(62)58-31-15-21-41(58)45(60)53-38-28-24-35(25-29-38)33-56(39-18-12-9-13-19-39)32-34-22-26-37(27-23-34)52-44(59)40-20-14-30-57(40)46(61)42(36-16-10-8-11-17-36)54-49(64)66-51(4,5)6/h8-13,16-19,22-29,40-43H,14-15,20-21,30-33H2,1-7H3,(H,52,59)(H,53,60)(H,54,64)(H,55,63)/t40-,41?,42+,43+/m0/s1. The molecule has 66 heavy (non-hydrogen) atoms. The predicted molar refractivity (Wildman–Crippen MR) is 253 cm³/mol. The maximum Gasteiger partial charge on any atom is 0.408 e. The van der Waals surface area contributed by atoms with Gasteiger partial charge in [0, 0.05) is 43.2 Å². The summed E-state index contributed by atoms with van der Waals surface area (Å²) in [5.74, 6) is -1.30. The fourth-order valence-electron chi connectivity index (χ4n) is 8.28. The van der Waals surface area contributed by atoms with E-state index in [-0.39, 0.29) is 23.6 Å². The van der Waals surface area contributed by atoms with E-state index in [0.717, 1.165) is 16.8 Å². The molecule has 1 unspecified atom stereocenters.